The van der Waals surface area contributed by atoms with E-state index in [4.69, 9.17) is 10.8 Å². The molecule has 0 unspecified atom stereocenters. The van der Waals surface area contributed by atoms with Gasteiger partial charge in [0, 0.05) is 6.04 Å². The number of rotatable bonds is 2. The summed E-state index contributed by atoms with van der Waals surface area (Å²) in [5, 5.41) is 8.57. The van der Waals surface area contributed by atoms with Crippen LogP contribution in [0.4, 0.5) is 0 Å². The van der Waals surface area contributed by atoms with Crippen molar-refractivity contribution in [1.29, 1.82) is 0 Å². The third kappa shape index (κ3) is 5.80. The van der Waals surface area contributed by atoms with Gasteiger partial charge in [-0.15, -0.1) is 0 Å². The Labute approximate surface area is 57.1 Å². The zero-order valence-corrected chi connectivity index (χ0v) is 6.52. The zero-order valence-electron chi connectivity index (χ0n) is 6.52. The number of hydrogen-bond acceptors (Lipinski definition) is 2. The first kappa shape index (κ1) is 8.92. The topological polar surface area (TPSA) is 46.2 Å². The molecule has 0 aromatic carbocycles. The first-order valence-electron chi connectivity index (χ1n) is 3.32. The summed E-state index contributed by atoms with van der Waals surface area (Å²) in [6.07, 6.45) is 0.878. The highest BCUT2D eigenvalue weighted by Gasteiger charge is 2.14. The van der Waals surface area contributed by atoms with Crippen LogP contribution in [0.25, 0.3) is 0 Å². The summed E-state index contributed by atoms with van der Waals surface area (Å²) < 4.78 is 0. The summed E-state index contributed by atoms with van der Waals surface area (Å²) in [4.78, 5) is 0. The molecule has 0 fully saturated rings. The van der Waals surface area contributed by atoms with Crippen molar-refractivity contribution in [1.82, 2.24) is 0 Å². The molecule has 0 saturated carbocycles. The monoisotopic (exact) mass is 131 g/mol. The number of hydrogen-bond donors (Lipinski definition) is 2. The van der Waals surface area contributed by atoms with Crippen molar-refractivity contribution in [2.75, 3.05) is 6.61 Å². The first-order valence-corrected chi connectivity index (χ1v) is 3.32. The molecular formula is C7H17NO. The highest BCUT2D eigenvalue weighted by atomic mass is 16.3. The number of aliphatic hydroxyl groups excluding tert-OH is 1. The molecule has 2 heteroatoms. The van der Waals surface area contributed by atoms with Gasteiger partial charge >= 0.3 is 0 Å². The standard InChI is InChI=1S/C7H17NO/c1-7(2,3)4-6(8)5-9/h6,9H,4-5,8H2,1-3H3/t6-/m0/s1. The maximum atomic E-state index is 8.57. The lowest BCUT2D eigenvalue weighted by Gasteiger charge is -2.21. The molecule has 0 radical (unpaired) electrons. The van der Waals surface area contributed by atoms with Gasteiger partial charge in [-0.3, -0.25) is 0 Å². The lowest BCUT2D eigenvalue weighted by atomic mass is 9.89. The Bertz CT molecular complexity index is 75.5. The fourth-order valence-corrected chi connectivity index (χ4v) is 0.851. The molecule has 1 atom stereocenters. The van der Waals surface area contributed by atoms with Crippen LogP contribution in [0.5, 0.6) is 0 Å². The van der Waals surface area contributed by atoms with Crippen LogP contribution in [0, 0.1) is 5.41 Å². The van der Waals surface area contributed by atoms with Gasteiger partial charge in [0.15, 0.2) is 0 Å². The molecule has 0 amide bonds. The van der Waals surface area contributed by atoms with E-state index in [0.717, 1.165) is 6.42 Å². The summed E-state index contributed by atoms with van der Waals surface area (Å²) in [6.45, 7) is 6.44. The first-order chi connectivity index (χ1) is 3.95. The molecule has 0 aromatic heterocycles. The second-order valence-corrected chi connectivity index (χ2v) is 3.71. The highest BCUT2D eigenvalue weighted by molar-refractivity contribution is 4.69. The Morgan fingerprint density at radius 3 is 2.00 bits per heavy atom. The number of aliphatic hydroxyl groups is 1. The van der Waals surface area contributed by atoms with Crippen LogP contribution < -0.4 is 5.73 Å². The normalized spacial score (nSPS) is 15.7. The third-order valence-electron chi connectivity index (χ3n) is 1.11. The van der Waals surface area contributed by atoms with Crippen molar-refractivity contribution in [3.8, 4) is 0 Å². The Balaban J connectivity index is 3.47. The largest absolute Gasteiger partial charge is 0.395 e. The van der Waals surface area contributed by atoms with E-state index in [2.05, 4.69) is 20.8 Å². The lowest BCUT2D eigenvalue weighted by molar-refractivity contribution is 0.224. The summed E-state index contributed by atoms with van der Waals surface area (Å²) in [7, 11) is 0. The molecule has 9 heavy (non-hydrogen) atoms. The molecule has 2 nitrogen and oxygen atoms in total. The minimum Gasteiger partial charge on any atom is -0.395 e. The van der Waals surface area contributed by atoms with Crippen LogP contribution in [0.15, 0.2) is 0 Å². The fourth-order valence-electron chi connectivity index (χ4n) is 0.851. The Morgan fingerprint density at radius 2 is 1.89 bits per heavy atom. The summed E-state index contributed by atoms with van der Waals surface area (Å²) in [5.41, 5.74) is 5.75. The molecule has 0 heterocycles. The summed E-state index contributed by atoms with van der Waals surface area (Å²) in [6, 6.07) is -0.0509. The Hall–Kier alpha value is -0.0800. The molecule has 0 aromatic rings. The summed E-state index contributed by atoms with van der Waals surface area (Å²) in [5.74, 6) is 0. The molecule has 0 spiro atoms. The van der Waals surface area contributed by atoms with Crippen molar-refractivity contribution >= 4 is 0 Å². The molecule has 0 aliphatic heterocycles. The van der Waals surface area contributed by atoms with E-state index in [1.807, 2.05) is 0 Å². The van der Waals surface area contributed by atoms with Gasteiger partial charge in [-0.1, -0.05) is 20.8 Å². The van der Waals surface area contributed by atoms with Crippen molar-refractivity contribution in [3.05, 3.63) is 0 Å². The lowest BCUT2D eigenvalue weighted by Crippen LogP contribution is -2.29. The van der Waals surface area contributed by atoms with Crippen LogP contribution in [0.2, 0.25) is 0 Å². The number of nitrogens with two attached hydrogens (primary N) is 1. The van der Waals surface area contributed by atoms with Gasteiger partial charge in [0.05, 0.1) is 6.61 Å². The fraction of sp³-hybridized carbons (Fsp3) is 1.00. The Kier molecular flexibility index (Phi) is 3.15. The molecular weight excluding hydrogens is 114 g/mol. The van der Waals surface area contributed by atoms with E-state index in [9.17, 15) is 0 Å². The van der Waals surface area contributed by atoms with Gasteiger partial charge < -0.3 is 10.8 Å². The van der Waals surface area contributed by atoms with Crippen molar-refractivity contribution in [2.24, 2.45) is 11.1 Å². The van der Waals surface area contributed by atoms with E-state index in [0.29, 0.717) is 0 Å². The van der Waals surface area contributed by atoms with Gasteiger partial charge in [0.25, 0.3) is 0 Å². The van der Waals surface area contributed by atoms with Gasteiger partial charge in [-0.25, -0.2) is 0 Å². The van der Waals surface area contributed by atoms with Crippen molar-refractivity contribution in [2.45, 2.75) is 33.2 Å². The average Bonchev–Trinajstić information content (AvgIpc) is 1.62. The van der Waals surface area contributed by atoms with E-state index < -0.39 is 0 Å². The van der Waals surface area contributed by atoms with E-state index in [1.54, 1.807) is 0 Å². The van der Waals surface area contributed by atoms with Crippen LogP contribution >= 0.6 is 0 Å². The van der Waals surface area contributed by atoms with Gasteiger partial charge in [-0.2, -0.15) is 0 Å². The van der Waals surface area contributed by atoms with Crippen molar-refractivity contribution in [3.63, 3.8) is 0 Å². The van der Waals surface area contributed by atoms with Crippen LogP contribution in [0.3, 0.4) is 0 Å². The predicted molar refractivity (Wildman–Crippen MR) is 39.1 cm³/mol. The van der Waals surface area contributed by atoms with E-state index in [1.165, 1.54) is 0 Å². The quantitative estimate of drug-likeness (QED) is 0.580. The highest BCUT2D eigenvalue weighted by Crippen LogP contribution is 2.19. The second kappa shape index (κ2) is 3.18. The van der Waals surface area contributed by atoms with E-state index in [-0.39, 0.29) is 18.1 Å². The summed E-state index contributed by atoms with van der Waals surface area (Å²) >= 11 is 0. The predicted octanol–water partition coefficient (Wildman–Crippen LogP) is 0.742. The van der Waals surface area contributed by atoms with Crippen LogP contribution in [-0.4, -0.2) is 17.8 Å². The SMILES string of the molecule is CC(C)(C)C[C@H](N)CO. The average molecular weight is 131 g/mol. The molecule has 0 aliphatic carbocycles. The molecule has 0 bridgehead atoms. The molecule has 0 rings (SSSR count). The van der Waals surface area contributed by atoms with Gasteiger partial charge in [0.2, 0.25) is 0 Å². The third-order valence-corrected chi connectivity index (χ3v) is 1.11. The van der Waals surface area contributed by atoms with Gasteiger partial charge in [0.1, 0.15) is 0 Å². The van der Waals surface area contributed by atoms with Gasteiger partial charge in [-0.05, 0) is 11.8 Å². The molecule has 0 saturated heterocycles. The smallest absolute Gasteiger partial charge is 0.0582 e. The minimum atomic E-state index is -0.0509. The van der Waals surface area contributed by atoms with E-state index >= 15 is 0 Å². The maximum Gasteiger partial charge on any atom is 0.0582 e. The zero-order chi connectivity index (χ0) is 7.49. The van der Waals surface area contributed by atoms with Crippen molar-refractivity contribution < 1.29 is 5.11 Å². The molecule has 3 N–H and O–H groups in total. The minimum absolute atomic E-state index is 0.0509. The Morgan fingerprint density at radius 1 is 1.44 bits per heavy atom. The maximum absolute atomic E-state index is 8.57. The molecule has 56 valence electrons. The second-order valence-electron chi connectivity index (χ2n) is 3.71. The van der Waals surface area contributed by atoms with Crippen LogP contribution in [0.1, 0.15) is 27.2 Å². The molecule has 0 aliphatic rings. The van der Waals surface area contributed by atoms with Crippen LogP contribution in [-0.2, 0) is 0 Å².